The van der Waals surface area contributed by atoms with Crippen molar-refractivity contribution >= 4 is 0 Å². The minimum Gasteiger partial charge on any atom is -0.262 e. The molecule has 0 unspecified atom stereocenters. The number of rotatable bonds is 2. The number of H-pyrrole nitrogens is 1. The Kier molecular flexibility index (Phi) is 3.27. The molecule has 0 saturated heterocycles. The van der Waals surface area contributed by atoms with Gasteiger partial charge in [0.2, 0.25) is 0 Å². The average molecular weight is 263 g/mol. The molecule has 2 aromatic rings. The molecule has 3 rings (SSSR count). The first-order valence-electron chi connectivity index (χ1n) is 6.62. The number of benzene rings is 1. The summed E-state index contributed by atoms with van der Waals surface area (Å²) in [4.78, 5) is 4.33. The molecule has 1 saturated carbocycles. The summed E-state index contributed by atoms with van der Waals surface area (Å²) in [6.07, 6.45) is 5.81. The lowest BCUT2D eigenvalue weighted by molar-refractivity contribution is 0.429. The van der Waals surface area contributed by atoms with Gasteiger partial charge < -0.3 is 0 Å². The fourth-order valence-electron chi connectivity index (χ4n) is 2.63. The standard InChI is InChI=1S/C14H15F2N3/c15-11-8-4-7-10(12(11)16)14-17-13(18-19-14)9-5-2-1-3-6-9/h4,7-9H,1-3,5-6H2,(H,17,18,19). The Morgan fingerprint density at radius 1 is 1.11 bits per heavy atom. The first-order chi connectivity index (χ1) is 9.25. The smallest absolute Gasteiger partial charge is 0.184 e. The zero-order valence-electron chi connectivity index (χ0n) is 10.5. The minimum absolute atomic E-state index is 0.110. The van der Waals surface area contributed by atoms with E-state index in [-0.39, 0.29) is 11.4 Å². The van der Waals surface area contributed by atoms with Crippen LogP contribution in [-0.2, 0) is 0 Å². The molecule has 1 aliphatic rings. The van der Waals surface area contributed by atoms with Gasteiger partial charge in [0, 0.05) is 5.92 Å². The summed E-state index contributed by atoms with van der Waals surface area (Å²) in [5.41, 5.74) is 0.110. The van der Waals surface area contributed by atoms with Gasteiger partial charge in [0.15, 0.2) is 17.5 Å². The van der Waals surface area contributed by atoms with E-state index in [1.165, 1.54) is 31.4 Å². The molecule has 0 aliphatic heterocycles. The van der Waals surface area contributed by atoms with Crippen molar-refractivity contribution in [2.24, 2.45) is 0 Å². The van der Waals surface area contributed by atoms with E-state index in [9.17, 15) is 8.78 Å². The van der Waals surface area contributed by atoms with Crippen LogP contribution in [0.3, 0.4) is 0 Å². The van der Waals surface area contributed by atoms with E-state index in [1.807, 2.05) is 0 Å². The second-order valence-electron chi connectivity index (χ2n) is 4.98. The minimum atomic E-state index is -0.892. The number of hydrogen-bond acceptors (Lipinski definition) is 2. The summed E-state index contributed by atoms with van der Waals surface area (Å²) in [5, 5.41) is 6.89. The first kappa shape index (κ1) is 12.3. The summed E-state index contributed by atoms with van der Waals surface area (Å²) in [5.74, 6) is -0.374. The van der Waals surface area contributed by atoms with Gasteiger partial charge in [-0.05, 0) is 25.0 Å². The van der Waals surface area contributed by atoms with E-state index in [0.717, 1.165) is 24.7 Å². The number of nitrogens with one attached hydrogen (secondary N) is 1. The highest BCUT2D eigenvalue weighted by Gasteiger charge is 2.21. The molecular weight excluding hydrogens is 248 g/mol. The summed E-state index contributed by atoms with van der Waals surface area (Å²) < 4.78 is 26.9. The molecule has 1 fully saturated rings. The zero-order valence-corrected chi connectivity index (χ0v) is 10.5. The van der Waals surface area contributed by atoms with Gasteiger partial charge in [0.05, 0.1) is 5.56 Å². The average Bonchev–Trinajstić information content (AvgIpc) is 2.92. The molecule has 0 spiro atoms. The van der Waals surface area contributed by atoms with Crippen LogP contribution in [0, 0.1) is 11.6 Å². The van der Waals surface area contributed by atoms with Crippen molar-refractivity contribution in [1.82, 2.24) is 15.2 Å². The van der Waals surface area contributed by atoms with Crippen molar-refractivity contribution in [3.63, 3.8) is 0 Å². The second-order valence-corrected chi connectivity index (χ2v) is 4.98. The molecule has 5 heteroatoms. The van der Waals surface area contributed by atoms with Crippen molar-refractivity contribution in [3.05, 3.63) is 35.7 Å². The summed E-state index contributed by atoms with van der Waals surface area (Å²) in [6, 6.07) is 4.05. The number of nitrogens with zero attached hydrogens (tertiary/aromatic N) is 2. The maximum atomic E-state index is 13.7. The lowest BCUT2D eigenvalue weighted by Crippen LogP contribution is -2.06. The maximum Gasteiger partial charge on any atom is 0.184 e. The number of halogens is 2. The predicted molar refractivity (Wildman–Crippen MR) is 67.6 cm³/mol. The van der Waals surface area contributed by atoms with E-state index in [2.05, 4.69) is 15.2 Å². The largest absolute Gasteiger partial charge is 0.262 e. The van der Waals surface area contributed by atoms with Gasteiger partial charge in [0.25, 0.3) is 0 Å². The van der Waals surface area contributed by atoms with Gasteiger partial charge in [-0.2, -0.15) is 5.10 Å². The van der Waals surface area contributed by atoms with Crippen molar-refractivity contribution in [3.8, 4) is 11.4 Å². The van der Waals surface area contributed by atoms with Crippen LogP contribution in [0.4, 0.5) is 8.78 Å². The highest BCUT2D eigenvalue weighted by atomic mass is 19.2. The first-order valence-corrected chi connectivity index (χ1v) is 6.62. The normalized spacial score (nSPS) is 16.7. The van der Waals surface area contributed by atoms with E-state index >= 15 is 0 Å². The molecule has 0 atom stereocenters. The highest BCUT2D eigenvalue weighted by Crippen LogP contribution is 2.31. The molecule has 0 radical (unpaired) electrons. The van der Waals surface area contributed by atoms with Crippen molar-refractivity contribution in [2.45, 2.75) is 38.0 Å². The predicted octanol–water partition coefficient (Wildman–Crippen LogP) is 3.80. The monoisotopic (exact) mass is 263 g/mol. The Morgan fingerprint density at radius 2 is 1.89 bits per heavy atom. The van der Waals surface area contributed by atoms with Crippen LogP contribution in [0.25, 0.3) is 11.4 Å². The molecule has 1 N–H and O–H groups in total. The van der Waals surface area contributed by atoms with Crippen LogP contribution in [0.15, 0.2) is 18.2 Å². The van der Waals surface area contributed by atoms with Gasteiger partial charge in [-0.3, -0.25) is 5.10 Å². The van der Waals surface area contributed by atoms with Gasteiger partial charge in [-0.1, -0.05) is 25.3 Å². The molecule has 1 aromatic carbocycles. The van der Waals surface area contributed by atoms with E-state index < -0.39 is 11.6 Å². The van der Waals surface area contributed by atoms with Gasteiger partial charge in [-0.25, -0.2) is 13.8 Å². The third-order valence-electron chi connectivity index (χ3n) is 3.69. The van der Waals surface area contributed by atoms with Crippen molar-refractivity contribution in [1.29, 1.82) is 0 Å². The van der Waals surface area contributed by atoms with Crippen LogP contribution in [0.2, 0.25) is 0 Å². The van der Waals surface area contributed by atoms with Crippen molar-refractivity contribution in [2.75, 3.05) is 0 Å². The van der Waals surface area contributed by atoms with E-state index in [1.54, 1.807) is 0 Å². The molecule has 1 heterocycles. The Balaban J connectivity index is 1.90. The molecule has 1 aliphatic carbocycles. The summed E-state index contributed by atoms with van der Waals surface area (Å²) in [6.45, 7) is 0. The highest BCUT2D eigenvalue weighted by molar-refractivity contribution is 5.55. The van der Waals surface area contributed by atoms with Gasteiger partial charge >= 0.3 is 0 Å². The third-order valence-corrected chi connectivity index (χ3v) is 3.69. The maximum absolute atomic E-state index is 13.7. The number of hydrogen-bond donors (Lipinski definition) is 1. The van der Waals surface area contributed by atoms with Crippen molar-refractivity contribution < 1.29 is 8.78 Å². The molecule has 0 bridgehead atoms. The second kappa shape index (κ2) is 5.07. The SMILES string of the molecule is Fc1cccc(-c2n[nH]c(C3CCCCC3)n2)c1F. The van der Waals surface area contributed by atoms with Crippen LogP contribution in [-0.4, -0.2) is 15.2 Å². The number of aromatic amines is 1. The Hall–Kier alpha value is -1.78. The summed E-state index contributed by atoms with van der Waals surface area (Å²) in [7, 11) is 0. The molecule has 3 nitrogen and oxygen atoms in total. The zero-order chi connectivity index (χ0) is 13.2. The van der Waals surface area contributed by atoms with Crippen LogP contribution >= 0.6 is 0 Å². The molecule has 100 valence electrons. The molecule has 19 heavy (non-hydrogen) atoms. The fourth-order valence-corrected chi connectivity index (χ4v) is 2.63. The van der Waals surface area contributed by atoms with Crippen LogP contribution in [0.1, 0.15) is 43.8 Å². The van der Waals surface area contributed by atoms with E-state index in [4.69, 9.17) is 0 Å². The van der Waals surface area contributed by atoms with Crippen LogP contribution in [0.5, 0.6) is 0 Å². The quantitative estimate of drug-likeness (QED) is 0.895. The lowest BCUT2D eigenvalue weighted by atomic mass is 9.89. The Labute approximate surface area is 110 Å². The van der Waals surface area contributed by atoms with Crippen LogP contribution < -0.4 is 0 Å². The Morgan fingerprint density at radius 3 is 2.68 bits per heavy atom. The third kappa shape index (κ3) is 2.37. The fraction of sp³-hybridized carbons (Fsp3) is 0.429. The van der Waals surface area contributed by atoms with Gasteiger partial charge in [-0.15, -0.1) is 0 Å². The number of aromatic nitrogens is 3. The molecule has 1 aromatic heterocycles. The summed E-state index contributed by atoms with van der Waals surface area (Å²) >= 11 is 0. The topological polar surface area (TPSA) is 41.6 Å². The molecule has 0 amide bonds. The van der Waals surface area contributed by atoms with Gasteiger partial charge in [0.1, 0.15) is 5.82 Å². The Bertz CT molecular complexity index is 574. The lowest BCUT2D eigenvalue weighted by Gasteiger charge is -2.18. The molecular formula is C14H15F2N3. The van der Waals surface area contributed by atoms with E-state index in [0.29, 0.717) is 5.92 Å².